The van der Waals surface area contributed by atoms with E-state index in [-0.39, 0.29) is 0 Å². The smallest absolute Gasteiger partial charge is 0.423 e. The zero-order valence-electron chi connectivity index (χ0n) is 17.1. The molecule has 0 aliphatic carbocycles. The fourth-order valence-electron chi connectivity index (χ4n) is 4.75. The second-order valence-corrected chi connectivity index (χ2v) is 9.13. The highest BCUT2D eigenvalue weighted by atomic mass is 32.1. The van der Waals surface area contributed by atoms with E-state index < -0.39 is 6.09 Å². The Morgan fingerprint density at radius 2 is 2.09 bits per heavy atom. The van der Waals surface area contributed by atoms with Crippen molar-refractivity contribution < 1.29 is 18.8 Å². The molecular weight excluding hydrogens is 430 g/mol. The van der Waals surface area contributed by atoms with Gasteiger partial charge in [0.1, 0.15) is 11.3 Å². The molecule has 5 heterocycles. The molecule has 2 fully saturated rings. The lowest BCUT2D eigenvalue weighted by atomic mass is 10.1. The number of amides is 1. The van der Waals surface area contributed by atoms with Gasteiger partial charge >= 0.3 is 6.09 Å². The molecule has 2 N–H and O–H groups in total. The standard InChI is InChI=1S/C22H21N5O4S/c23-21(28)31-26-10-14-3-4-15(11-26)27(14)9-13-12-29-18-8-16(5-6-17(13)18)30-22-25-20-19(32-22)2-1-7-24-20/h1-2,5-8,12,14-15H,3-4,9-11H2,(H2,23,28)/t14-,15+. The van der Waals surface area contributed by atoms with E-state index in [2.05, 4.69) is 14.9 Å². The van der Waals surface area contributed by atoms with Crippen LogP contribution in [0.1, 0.15) is 18.4 Å². The van der Waals surface area contributed by atoms with Crippen molar-refractivity contribution in [2.24, 2.45) is 5.73 Å². The first kappa shape index (κ1) is 19.5. The number of carbonyl (C=O) groups is 1. The number of carbonyl (C=O) groups excluding carboxylic acids is 1. The predicted molar refractivity (Wildman–Crippen MR) is 118 cm³/mol. The summed E-state index contributed by atoms with van der Waals surface area (Å²) in [7, 11) is 0. The number of nitrogens with zero attached hydrogens (tertiary/aromatic N) is 4. The fourth-order valence-corrected chi connectivity index (χ4v) is 5.55. The number of hydrogen-bond donors (Lipinski definition) is 1. The van der Waals surface area contributed by atoms with Crippen molar-refractivity contribution >= 4 is 38.7 Å². The van der Waals surface area contributed by atoms with E-state index in [1.54, 1.807) is 11.3 Å². The molecule has 4 aromatic rings. The minimum absolute atomic E-state index is 0.327. The molecule has 0 spiro atoms. The summed E-state index contributed by atoms with van der Waals surface area (Å²) in [5, 5.41) is 3.31. The lowest BCUT2D eigenvalue weighted by Crippen LogP contribution is -2.53. The van der Waals surface area contributed by atoms with Crippen LogP contribution in [0, 0.1) is 0 Å². The molecule has 0 unspecified atom stereocenters. The number of benzene rings is 1. The normalized spacial score (nSPS) is 21.4. The Hall–Kier alpha value is -3.21. The third kappa shape index (κ3) is 3.56. The Balaban J connectivity index is 1.18. The van der Waals surface area contributed by atoms with Crippen molar-refractivity contribution in [2.45, 2.75) is 31.5 Å². The number of furan rings is 1. The van der Waals surface area contributed by atoms with Crippen LogP contribution in [0.25, 0.3) is 21.3 Å². The van der Waals surface area contributed by atoms with Crippen molar-refractivity contribution in [3.8, 4) is 10.9 Å². The van der Waals surface area contributed by atoms with Crippen molar-refractivity contribution in [3.63, 3.8) is 0 Å². The van der Waals surface area contributed by atoms with E-state index in [4.69, 9.17) is 19.7 Å². The average Bonchev–Trinajstić information content (AvgIpc) is 3.42. The molecular formula is C22H21N5O4S. The molecule has 10 heteroatoms. The Morgan fingerprint density at radius 1 is 1.25 bits per heavy atom. The molecule has 9 nitrogen and oxygen atoms in total. The predicted octanol–water partition coefficient (Wildman–Crippen LogP) is 3.89. The lowest BCUT2D eigenvalue weighted by Gasteiger charge is -2.39. The second kappa shape index (κ2) is 7.73. The number of ether oxygens (including phenoxy) is 1. The highest BCUT2D eigenvalue weighted by Gasteiger charge is 2.41. The zero-order chi connectivity index (χ0) is 21.7. The van der Waals surface area contributed by atoms with Crippen LogP contribution in [0.5, 0.6) is 10.9 Å². The minimum Gasteiger partial charge on any atom is -0.464 e. The molecule has 2 bridgehead atoms. The van der Waals surface area contributed by atoms with Gasteiger partial charge in [-0.3, -0.25) is 4.90 Å². The van der Waals surface area contributed by atoms with Gasteiger partial charge in [-0.05, 0) is 37.1 Å². The van der Waals surface area contributed by atoms with Gasteiger partial charge in [0, 0.05) is 41.8 Å². The number of thiazole rings is 1. The van der Waals surface area contributed by atoms with Crippen LogP contribution in [0.2, 0.25) is 0 Å². The number of hydroxylamine groups is 2. The molecule has 0 radical (unpaired) electrons. The summed E-state index contributed by atoms with van der Waals surface area (Å²) in [6.07, 6.45) is 4.95. The highest BCUT2D eigenvalue weighted by molar-refractivity contribution is 7.20. The van der Waals surface area contributed by atoms with Crippen LogP contribution in [-0.4, -0.2) is 51.2 Å². The van der Waals surface area contributed by atoms with E-state index in [0.717, 1.165) is 40.6 Å². The van der Waals surface area contributed by atoms with Crippen LogP contribution in [-0.2, 0) is 11.4 Å². The third-order valence-electron chi connectivity index (χ3n) is 6.15. The number of primary amides is 1. The van der Waals surface area contributed by atoms with Gasteiger partial charge in [0.05, 0.1) is 24.1 Å². The molecule has 32 heavy (non-hydrogen) atoms. The molecule has 1 aromatic carbocycles. The summed E-state index contributed by atoms with van der Waals surface area (Å²) < 4.78 is 12.8. The van der Waals surface area contributed by atoms with Crippen LogP contribution < -0.4 is 10.5 Å². The fraction of sp³-hybridized carbons (Fsp3) is 0.318. The summed E-state index contributed by atoms with van der Waals surface area (Å²) in [5.74, 6) is 0.676. The number of fused-ring (bicyclic) bond motifs is 4. The quantitative estimate of drug-likeness (QED) is 0.487. The van der Waals surface area contributed by atoms with Gasteiger partial charge in [-0.25, -0.2) is 9.78 Å². The monoisotopic (exact) mass is 451 g/mol. The Morgan fingerprint density at radius 3 is 2.88 bits per heavy atom. The molecule has 3 aromatic heterocycles. The molecule has 0 saturated carbocycles. The number of rotatable bonds is 5. The molecule has 164 valence electrons. The Labute approximate surface area is 187 Å². The third-order valence-corrected chi connectivity index (χ3v) is 7.04. The summed E-state index contributed by atoms with van der Waals surface area (Å²) in [4.78, 5) is 27.4. The van der Waals surface area contributed by atoms with Crippen LogP contribution >= 0.6 is 11.3 Å². The van der Waals surface area contributed by atoms with Gasteiger partial charge in [-0.1, -0.05) is 11.3 Å². The summed E-state index contributed by atoms with van der Waals surface area (Å²) in [6, 6.07) is 10.4. The van der Waals surface area contributed by atoms with Gasteiger partial charge < -0.3 is 19.7 Å². The first-order chi connectivity index (χ1) is 15.6. The topological polar surface area (TPSA) is 107 Å². The summed E-state index contributed by atoms with van der Waals surface area (Å²) in [5.41, 5.74) is 7.77. The largest absolute Gasteiger partial charge is 0.464 e. The molecule has 6 rings (SSSR count). The summed E-state index contributed by atoms with van der Waals surface area (Å²) >= 11 is 1.46. The van der Waals surface area contributed by atoms with Gasteiger partial charge in [-0.15, -0.1) is 5.06 Å². The SMILES string of the molecule is NC(=O)ON1C[C@H]2CC[C@@H](C1)N2Cc1coc2cc(Oc3nc4ncccc4s3)ccc12. The average molecular weight is 452 g/mol. The van der Waals surface area contributed by atoms with Gasteiger partial charge in [0.2, 0.25) is 0 Å². The molecule has 2 saturated heterocycles. The summed E-state index contributed by atoms with van der Waals surface area (Å²) in [6.45, 7) is 2.13. The minimum atomic E-state index is -0.751. The van der Waals surface area contributed by atoms with Crippen molar-refractivity contribution in [1.29, 1.82) is 0 Å². The number of piperazine rings is 1. The highest BCUT2D eigenvalue weighted by Crippen LogP contribution is 2.36. The molecule has 2 aliphatic heterocycles. The van der Waals surface area contributed by atoms with E-state index in [0.29, 0.717) is 41.8 Å². The number of nitrogens with two attached hydrogens (primary N) is 1. The number of pyridine rings is 1. The zero-order valence-corrected chi connectivity index (χ0v) is 18.0. The van der Waals surface area contributed by atoms with Crippen LogP contribution in [0.3, 0.4) is 0 Å². The number of hydrogen-bond acceptors (Lipinski definition) is 9. The van der Waals surface area contributed by atoms with Gasteiger partial charge in [0.15, 0.2) is 5.65 Å². The Bertz CT molecular complexity index is 1260. The Kier molecular flexibility index (Phi) is 4.71. The van der Waals surface area contributed by atoms with Crippen molar-refractivity contribution in [1.82, 2.24) is 19.9 Å². The van der Waals surface area contributed by atoms with E-state index in [1.165, 1.54) is 11.3 Å². The van der Waals surface area contributed by atoms with Gasteiger partial charge in [0.25, 0.3) is 5.19 Å². The van der Waals surface area contributed by atoms with E-state index in [9.17, 15) is 4.79 Å². The second-order valence-electron chi connectivity index (χ2n) is 8.14. The van der Waals surface area contributed by atoms with Crippen LogP contribution in [0.4, 0.5) is 4.79 Å². The number of aromatic nitrogens is 2. The maximum absolute atomic E-state index is 11.1. The molecule has 2 atom stereocenters. The molecule has 1 amide bonds. The lowest BCUT2D eigenvalue weighted by molar-refractivity contribution is -0.139. The maximum atomic E-state index is 11.1. The van der Waals surface area contributed by atoms with Crippen LogP contribution in [0.15, 0.2) is 47.2 Å². The van der Waals surface area contributed by atoms with Crippen molar-refractivity contribution in [3.05, 3.63) is 48.4 Å². The maximum Gasteiger partial charge on any atom is 0.423 e. The van der Waals surface area contributed by atoms with E-state index in [1.807, 2.05) is 36.6 Å². The first-order valence-electron chi connectivity index (χ1n) is 10.5. The molecule has 2 aliphatic rings. The van der Waals surface area contributed by atoms with E-state index >= 15 is 0 Å². The van der Waals surface area contributed by atoms with Gasteiger partial charge in [-0.2, -0.15) is 4.98 Å². The van der Waals surface area contributed by atoms with Crippen molar-refractivity contribution in [2.75, 3.05) is 13.1 Å². The first-order valence-corrected chi connectivity index (χ1v) is 11.3.